The largest absolute Gasteiger partial charge is 0.473 e. The van der Waals surface area contributed by atoms with Gasteiger partial charge in [0.15, 0.2) is 0 Å². The quantitative estimate of drug-likeness (QED) is 0.763. The summed E-state index contributed by atoms with van der Waals surface area (Å²) in [6.45, 7) is 4.22. The number of pyridine rings is 1. The Morgan fingerprint density at radius 1 is 1.24 bits per heavy atom. The molecule has 0 bridgehead atoms. The normalized spacial score (nSPS) is 10.6. The van der Waals surface area contributed by atoms with E-state index in [4.69, 9.17) is 27.9 Å². The highest BCUT2D eigenvalue weighted by molar-refractivity contribution is 6.31. The van der Waals surface area contributed by atoms with E-state index in [1.54, 1.807) is 6.20 Å². The third-order valence-corrected chi connectivity index (χ3v) is 3.50. The lowest BCUT2D eigenvalue weighted by Crippen LogP contribution is -2.14. The van der Waals surface area contributed by atoms with Gasteiger partial charge in [0.05, 0.1) is 5.02 Å². The first-order valence-corrected chi connectivity index (χ1v) is 7.67. The van der Waals surface area contributed by atoms with Crippen LogP contribution in [0.5, 0.6) is 5.88 Å². The molecule has 0 saturated carbocycles. The Hall–Kier alpha value is -1.29. The molecule has 0 aliphatic heterocycles. The predicted molar refractivity (Wildman–Crippen MR) is 87.0 cm³/mol. The zero-order valence-corrected chi connectivity index (χ0v) is 13.4. The Kier molecular flexibility index (Phi) is 6.30. The Bertz CT molecular complexity index is 590. The van der Waals surface area contributed by atoms with Crippen LogP contribution in [0.1, 0.15) is 24.5 Å². The van der Waals surface area contributed by atoms with Crippen LogP contribution >= 0.6 is 23.2 Å². The molecule has 1 heterocycles. The van der Waals surface area contributed by atoms with Crippen molar-refractivity contribution >= 4 is 23.2 Å². The number of halogens is 2. The summed E-state index contributed by atoms with van der Waals surface area (Å²) >= 11 is 12.1. The van der Waals surface area contributed by atoms with Gasteiger partial charge in [-0.1, -0.05) is 42.3 Å². The minimum atomic E-state index is 0.428. The first-order valence-electron chi connectivity index (χ1n) is 6.91. The second kappa shape index (κ2) is 8.23. The number of hydrogen-bond acceptors (Lipinski definition) is 3. The van der Waals surface area contributed by atoms with Crippen LogP contribution in [-0.2, 0) is 13.2 Å². The highest BCUT2D eigenvalue weighted by Crippen LogP contribution is 2.20. The highest BCUT2D eigenvalue weighted by atomic mass is 35.5. The standard InChI is InChI=1S/C16H18Cl2N2O/c1-2-6-19-9-13-8-16(20-10-15(13)18)21-11-12-4-3-5-14(17)7-12/h3-5,7-8,10,19H,2,6,9,11H2,1H3. The molecule has 0 radical (unpaired) electrons. The first-order chi connectivity index (χ1) is 10.2. The summed E-state index contributed by atoms with van der Waals surface area (Å²) in [4.78, 5) is 4.19. The lowest BCUT2D eigenvalue weighted by atomic mass is 10.2. The van der Waals surface area contributed by atoms with Gasteiger partial charge >= 0.3 is 0 Å². The predicted octanol–water partition coefficient (Wildman–Crippen LogP) is 4.47. The molecule has 1 N–H and O–H groups in total. The molecule has 112 valence electrons. The van der Waals surface area contributed by atoms with Gasteiger partial charge in [0.2, 0.25) is 5.88 Å². The van der Waals surface area contributed by atoms with Crippen molar-refractivity contribution in [2.24, 2.45) is 0 Å². The Morgan fingerprint density at radius 2 is 2.10 bits per heavy atom. The monoisotopic (exact) mass is 324 g/mol. The summed E-state index contributed by atoms with van der Waals surface area (Å²) < 4.78 is 5.69. The molecule has 3 nitrogen and oxygen atoms in total. The molecule has 0 saturated heterocycles. The third-order valence-electron chi connectivity index (χ3n) is 2.93. The van der Waals surface area contributed by atoms with Crippen LogP contribution < -0.4 is 10.1 Å². The van der Waals surface area contributed by atoms with E-state index in [9.17, 15) is 0 Å². The van der Waals surface area contributed by atoms with E-state index >= 15 is 0 Å². The van der Waals surface area contributed by atoms with Crippen molar-refractivity contribution in [2.45, 2.75) is 26.5 Å². The maximum Gasteiger partial charge on any atom is 0.213 e. The minimum Gasteiger partial charge on any atom is -0.473 e. The molecule has 0 aliphatic rings. The van der Waals surface area contributed by atoms with Crippen molar-refractivity contribution in [3.8, 4) is 5.88 Å². The molecule has 0 atom stereocenters. The summed E-state index contributed by atoms with van der Waals surface area (Å²) in [6, 6.07) is 9.45. The molecule has 2 aromatic rings. The number of aromatic nitrogens is 1. The van der Waals surface area contributed by atoms with Crippen molar-refractivity contribution in [1.29, 1.82) is 0 Å². The van der Waals surface area contributed by atoms with Crippen molar-refractivity contribution in [2.75, 3.05) is 6.54 Å². The molecule has 1 aromatic heterocycles. The lowest BCUT2D eigenvalue weighted by molar-refractivity contribution is 0.293. The molecule has 1 aromatic carbocycles. The molecule has 2 rings (SSSR count). The highest BCUT2D eigenvalue weighted by Gasteiger charge is 2.05. The fourth-order valence-corrected chi connectivity index (χ4v) is 2.24. The summed E-state index contributed by atoms with van der Waals surface area (Å²) in [5, 5.41) is 4.66. The van der Waals surface area contributed by atoms with Crippen molar-refractivity contribution < 1.29 is 4.74 Å². The molecule has 0 unspecified atom stereocenters. The van der Waals surface area contributed by atoms with Crippen LogP contribution in [-0.4, -0.2) is 11.5 Å². The Labute approximate surface area is 135 Å². The van der Waals surface area contributed by atoms with Crippen LogP contribution in [0.3, 0.4) is 0 Å². The van der Waals surface area contributed by atoms with E-state index in [-0.39, 0.29) is 0 Å². The van der Waals surface area contributed by atoms with Gasteiger partial charge in [-0.25, -0.2) is 4.98 Å². The zero-order valence-electron chi connectivity index (χ0n) is 11.9. The van der Waals surface area contributed by atoms with E-state index < -0.39 is 0 Å². The molecule has 0 amide bonds. The van der Waals surface area contributed by atoms with Gasteiger partial charge in [-0.2, -0.15) is 0 Å². The third kappa shape index (κ3) is 5.20. The van der Waals surface area contributed by atoms with E-state index in [1.807, 2.05) is 30.3 Å². The van der Waals surface area contributed by atoms with Gasteiger partial charge in [0.1, 0.15) is 6.61 Å². The minimum absolute atomic E-state index is 0.428. The summed E-state index contributed by atoms with van der Waals surface area (Å²) in [5.74, 6) is 0.563. The molecular formula is C16H18Cl2N2O. The van der Waals surface area contributed by atoms with E-state index in [2.05, 4.69) is 17.2 Å². The zero-order chi connectivity index (χ0) is 15.1. The fourth-order valence-electron chi connectivity index (χ4n) is 1.86. The average Bonchev–Trinajstić information content (AvgIpc) is 2.48. The second-order valence-electron chi connectivity index (χ2n) is 4.71. The molecule has 0 fully saturated rings. The van der Waals surface area contributed by atoms with Gasteiger partial charge in [-0.15, -0.1) is 0 Å². The van der Waals surface area contributed by atoms with E-state index in [1.165, 1.54) is 0 Å². The number of benzene rings is 1. The van der Waals surface area contributed by atoms with Crippen molar-refractivity contribution in [1.82, 2.24) is 10.3 Å². The number of nitrogens with one attached hydrogen (secondary N) is 1. The summed E-state index contributed by atoms with van der Waals surface area (Å²) in [5.41, 5.74) is 1.99. The van der Waals surface area contributed by atoms with Crippen LogP contribution in [0, 0.1) is 0 Å². The average molecular weight is 325 g/mol. The van der Waals surface area contributed by atoms with Crippen LogP contribution in [0.25, 0.3) is 0 Å². The van der Waals surface area contributed by atoms with Crippen LogP contribution in [0.15, 0.2) is 36.5 Å². The second-order valence-corrected chi connectivity index (χ2v) is 5.55. The lowest BCUT2D eigenvalue weighted by Gasteiger charge is -2.09. The van der Waals surface area contributed by atoms with Crippen molar-refractivity contribution in [3.63, 3.8) is 0 Å². The van der Waals surface area contributed by atoms with E-state index in [0.717, 1.165) is 24.1 Å². The molecule has 21 heavy (non-hydrogen) atoms. The fraction of sp³-hybridized carbons (Fsp3) is 0.312. The number of hydrogen-bond donors (Lipinski definition) is 1. The smallest absolute Gasteiger partial charge is 0.213 e. The maximum absolute atomic E-state index is 6.14. The van der Waals surface area contributed by atoms with E-state index in [0.29, 0.717) is 29.1 Å². The number of nitrogens with zero attached hydrogens (tertiary/aromatic N) is 1. The molecular weight excluding hydrogens is 307 g/mol. The molecule has 0 spiro atoms. The number of rotatable bonds is 7. The summed E-state index contributed by atoms with van der Waals surface area (Å²) in [7, 11) is 0. The Morgan fingerprint density at radius 3 is 2.86 bits per heavy atom. The first kappa shape index (κ1) is 16.1. The van der Waals surface area contributed by atoms with Gasteiger partial charge in [0.25, 0.3) is 0 Å². The maximum atomic E-state index is 6.14. The van der Waals surface area contributed by atoms with Crippen molar-refractivity contribution in [3.05, 3.63) is 57.7 Å². The van der Waals surface area contributed by atoms with Gasteiger partial charge in [-0.3, -0.25) is 0 Å². The Balaban J connectivity index is 1.98. The van der Waals surface area contributed by atoms with Gasteiger partial charge in [0, 0.05) is 23.8 Å². The van der Waals surface area contributed by atoms with Crippen LogP contribution in [0.4, 0.5) is 0 Å². The topological polar surface area (TPSA) is 34.1 Å². The number of ether oxygens (including phenoxy) is 1. The van der Waals surface area contributed by atoms with Crippen LogP contribution in [0.2, 0.25) is 10.0 Å². The molecule has 5 heteroatoms. The van der Waals surface area contributed by atoms with Gasteiger partial charge in [-0.05, 0) is 36.2 Å². The molecule has 0 aliphatic carbocycles. The summed E-state index contributed by atoms with van der Waals surface area (Å²) in [6.07, 6.45) is 2.71. The van der Waals surface area contributed by atoms with Gasteiger partial charge < -0.3 is 10.1 Å². The SMILES string of the molecule is CCCNCc1cc(OCc2cccc(Cl)c2)ncc1Cl.